The first kappa shape index (κ1) is 10.3. The number of benzene rings is 1. The van der Waals surface area contributed by atoms with Gasteiger partial charge in [-0.25, -0.2) is 0 Å². The van der Waals surface area contributed by atoms with Gasteiger partial charge in [0.2, 0.25) is 0 Å². The summed E-state index contributed by atoms with van der Waals surface area (Å²) in [6, 6.07) is 5.70. The van der Waals surface area contributed by atoms with Crippen molar-refractivity contribution in [3.05, 3.63) is 33.8 Å². The largest absolute Gasteiger partial charge is 0.393 e. The topological polar surface area (TPSA) is 20.2 Å². The van der Waals surface area contributed by atoms with Crippen LogP contribution in [0.1, 0.15) is 24.8 Å². The maximum Gasteiger partial charge on any atom is 0.0595 e. The molecule has 3 heteroatoms. The predicted octanol–water partition coefficient (Wildman–Crippen LogP) is 3.48. The average Bonchev–Trinajstić information content (AvgIpc) is 2.18. The van der Waals surface area contributed by atoms with E-state index >= 15 is 0 Å². The van der Waals surface area contributed by atoms with Crippen LogP contribution in [0.25, 0.3) is 0 Å². The van der Waals surface area contributed by atoms with Gasteiger partial charge >= 0.3 is 0 Å². The van der Waals surface area contributed by atoms with Gasteiger partial charge in [0.05, 0.1) is 16.1 Å². The highest BCUT2D eigenvalue weighted by Crippen LogP contribution is 2.43. The maximum atomic E-state index is 9.41. The molecule has 1 N–H and O–H groups in total. The van der Waals surface area contributed by atoms with Crippen molar-refractivity contribution >= 4 is 23.2 Å². The normalized spacial score (nSPS) is 31.3. The van der Waals surface area contributed by atoms with Crippen molar-refractivity contribution in [2.75, 3.05) is 0 Å². The molecule has 0 heterocycles. The molecule has 0 aromatic heterocycles. The fourth-order valence-electron chi connectivity index (χ4n) is 1.94. The Hall–Kier alpha value is -0.240. The molecule has 1 nitrogen and oxygen atoms in total. The molecule has 0 saturated heterocycles. The van der Waals surface area contributed by atoms with Crippen molar-refractivity contribution in [1.82, 2.24) is 0 Å². The molecule has 0 bridgehead atoms. The molecule has 1 fully saturated rings. The third-order valence-corrected chi connectivity index (χ3v) is 3.85. The minimum atomic E-state index is -0.158. The number of aliphatic hydroxyl groups is 1. The SMILES string of the molecule is CC1C(O)CC1c1ccc(Cl)c(Cl)c1. The van der Waals surface area contributed by atoms with Gasteiger partial charge < -0.3 is 5.11 Å². The van der Waals surface area contributed by atoms with Gasteiger partial charge in [-0.05, 0) is 36.0 Å². The summed E-state index contributed by atoms with van der Waals surface area (Å²) in [5.41, 5.74) is 1.18. The van der Waals surface area contributed by atoms with Gasteiger partial charge in [0.25, 0.3) is 0 Å². The number of rotatable bonds is 1. The molecule has 2 rings (SSSR count). The Morgan fingerprint density at radius 1 is 1.29 bits per heavy atom. The summed E-state index contributed by atoms with van der Waals surface area (Å²) in [5.74, 6) is 0.756. The Morgan fingerprint density at radius 3 is 2.50 bits per heavy atom. The van der Waals surface area contributed by atoms with Crippen molar-refractivity contribution < 1.29 is 5.11 Å². The standard InChI is InChI=1S/C11H12Cl2O/c1-6-8(5-11(6)14)7-2-3-9(12)10(13)4-7/h2-4,6,8,11,14H,5H2,1H3. The molecule has 1 aromatic carbocycles. The zero-order valence-corrected chi connectivity index (χ0v) is 9.39. The lowest BCUT2D eigenvalue weighted by Crippen LogP contribution is -2.37. The van der Waals surface area contributed by atoms with Crippen LogP contribution in [0.15, 0.2) is 18.2 Å². The first-order valence-corrected chi connectivity index (χ1v) is 5.48. The molecule has 1 aliphatic carbocycles. The lowest BCUT2D eigenvalue weighted by Gasteiger charge is -2.39. The Labute approximate surface area is 93.7 Å². The summed E-state index contributed by atoms with van der Waals surface area (Å²) in [7, 11) is 0. The van der Waals surface area contributed by atoms with Crippen molar-refractivity contribution in [3.8, 4) is 0 Å². The fourth-order valence-corrected chi connectivity index (χ4v) is 2.25. The third-order valence-electron chi connectivity index (χ3n) is 3.11. The van der Waals surface area contributed by atoms with Crippen LogP contribution in [-0.4, -0.2) is 11.2 Å². The second kappa shape index (κ2) is 3.73. The molecule has 3 unspecified atom stereocenters. The third kappa shape index (κ3) is 1.65. The molecule has 0 radical (unpaired) electrons. The van der Waals surface area contributed by atoms with Crippen LogP contribution in [0.3, 0.4) is 0 Å². The summed E-state index contributed by atoms with van der Waals surface area (Å²) in [6.07, 6.45) is 0.675. The van der Waals surface area contributed by atoms with Gasteiger partial charge in [-0.3, -0.25) is 0 Å². The van der Waals surface area contributed by atoms with Gasteiger partial charge in [-0.2, -0.15) is 0 Å². The second-order valence-corrected chi connectivity index (χ2v) is 4.76. The van der Waals surface area contributed by atoms with Crippen LogP contribution < -0.4 is 0 Å². The summed E-state index contributed by atoms with van der Waals surface area (Å²) in [4.78, 5) is 0. The Balaban J connectivity index is 2.22. The van der Waals surface area contributed by atoms with E-state index < -0.39 is 0 Å². The molecule has 0 amide bonds. The van der Waals surface area contributed by atoms with E-state index in [1.807, 2.05) is 18.2 Å². The van der Waals surface area contributed by atoms with E-state index in [1.54, 1.807) is 0 Å². The van der Waals surface area contributed by atoms with Crippen molar-refractivity contribution in [2.45, 2.75) is 25.4 Å². The lowest BCUT2D eigenvalue weighted by atomic mass is 9.69. The number of hydrogen-bond acceptors (Lipinski definition) is 1. The maximum absolute atomic E-state index is 9.41. The van der Waals surface area contributed by atoms with E-state index in [2.05, 4.69) is 6.92 Å². The van der Waals surface area contributed by atoms with E-state index in [0.29, 0.717) is 21.9 Å². The van der Waals surface area contributed by atoms with E-state index in [1.165, 1.54) is 5.56 Å². The number of aliphatic hydroxyl groups excluding tert-OH is 1. The highest BCUT2D eigenvalue weighted by molar-refractivity contribution is 6.42. The van der Waals surface area contributed by atoms with Crippen LogP contribution in [0.2, 0.25) is 10.0 Å². The van der Waals surface area contributed by atoms with Gasteiger partial charge in [0, 0.05) is 0 Å². The lowest BCUT2D eigenvalue weighted by molar-refractivity contribution is 0.0117. The molecule has 3 atom stereocenters. The summed E-state index contributed by atoms with van der Waals surface area (Å²) >= 11 is 11.8. The monoisotopic (exact) mass is 230 g/mol. The predicted molar refractivity (Wildman–Crippen MR) is 59.0 cm³/mol. The van der Waals surface area contributed by atoms with Gasteiger partial charge in [0.15, 0.2) is 0 Å². The highest BCUT2D eigenvalue weighted by Gasteiger charge is 2.37. The second-order valence-electron chi connectivity index (χ2n) is 3.94. The molecule has 1 saturated carbocycles. The smallest absolute Gasteiger partial charge is 0.0595 e. The van der Waals surface area contributed by atoms with Gasteiger partial charge in [-0.15, -0.1) is 0 Å². The van der Waals surface area contributed by atoms with Crippen LogP contribution in [-0.2, 0) is 0 Å². The van der Waals surface area contributed by atoms with Crippen molar-refractivity contribution in [1.29, 1.82) is 0 Å². The van der Waals surface area contributed by atoms with E-state index in [9.17, 15) is 5.11 Å². The van der Waals surface area contributed by atoms with Crippen molar-refractivity contribution in [2.24, 2.45) is 5.92 Å². The van der Waals surface area contributed by atoms with Crippen molar-refractivity contribution in [3.63, 3.8) is 0 Å². The number of halogens is 2. The molecule has 0 aliphatic heterocycles. The summed E-state index contributed by atoms with van der Waals surface area (Å²) in [6.45, 7) is 2.06. The summed E-state index contributed by atoms with van der Waals surface area (Å²) in [5, 5.41) is 10.6. The molecular formula is C11H12Cl2O. The molecular weight excluding hydrogens is 219 g/mol. The van der Waals surface area contributed by atoms with Crippen LogP contribution >= 0.6 is 23.2 Å². The molecule has 1 aromatic rings. The van der Waals surface area contributed by atoms with E-state index in [-0.39, 0.29) is 6.10 Å². The van der Waals surface area contributed by atoms with Gasteiger partial charge in [0.1, 0.15) is 0 Å². The minimum Gasteiger partial charge on any atom is -0.393 e. The van der Waals surface area contributed by atoms with Crippen LogP contribution in [0.4, 0.5) is 0 Å². The summed E-state index contributed by atoms with van der Waals surface area (Å²) < 4.78 is 0. The molecule has 0 spiro atoms. The number of hydrogen-bond donors (Lipinski definition) is 1. The van der Waals surface area contributed by atoms with Crippen LogP contribution in [0.5, 0.6) is 0 Å². The van der Waals surface area contributed by atoms with Gasteiger partial charge in [-0.1, -0.05) is 36.2 Å². The highest BCUT2D eigenvalue weighted by atomic mass is 35.5. The Bertz CT molecular complexity index is 351. The van der Waals surface area contributed by atoms with E-state index in [0.717, 1.165) is 6.42 Å². The molecule has 1 aliphatic rings. The first-order chi connectivity index (χ1) is 6.59. The fraction of sp³-hybridized carbons (Fsp3) is 0.455. The molecule has 76 valence electrons. The Morgan fingerprint density at radius 2 is 2.00 bits per heavy atom. The average molecular weight is 231 g/mol. The quantitative estimate of drug-likeness (QED) is 0.784. The Kier molecular flexibility index (Phi) is 2.74. The first-order valence-electron chi connectivity index (χ1n) is 4.72. The zero-order chi connectivity index (χ0) is 10.3. The van der Waals surface area contributed by atoms with E-state index in [4.69, 9.17) is 23.2 Å². The molecule has 14 heavy (non-hydrogen) atoms. The minimum absolute atomic E-state index is 0.158. The zero-order valence-electron chi connectivity index (χ0n) is 7.87. The van der Waals surface area contributed by atoms with Crippen LogP contribution in [0, 0.1) is 5.92 Å².